The molecule has 0 unspecified atom stereocenters. The largest absolute Gasteiger partial charge is 0.310 e. The molecular formula is C13H19N3O. The number of hydrogen-bond acceptors (Lipinski definition) is 2. The van der Waals surface area contributed by atoms with Crippen molar-refractivity contribution in [3.63, 3.8) is 0 Å². The second-order valence-electron chi connectivity index (χ2n) is 5.04. The molecular weight excluding hydrogens is 214 g/mol. The summed E-state index contributed by atoms with van der Waals surface area (Å²) in [6, 6.07) is 2.49. The van der Waals surface area contributed by atoms with Gasteiger partial charge in [-0.15, -0.1) is 0 Å². The Balaban J connectivity index is 2.84. The van der Waals surface area contributed by atoms with Crippen molar-refractivity contribution in [2.75, 3.05) is 0 Å². The van der Waals surface area contributed by atoms with Crippen LogP contribution in [0.5, 0.6) is 0 Å². The highest BCUT2D eigenvalue weighted by Gasteiger charge is 2.13. The van der Waals surface area contributed by atoms with E-state index in [4.69, 9.17) is 0 Å². The Morgan fingerprint density at radius 1 is 1.18 bits per heavy atom. The Bertz CT molecular complexity index is 605. The molecule has 0 aliphatic carbocycles. The van der Waals surface area contributed by atoms with Crippen LogP contribution in [0.1, 0.15) is 45.5 Å². The number of pyridine rings is 1. The maximum absolute atomic E-state index is 12.3. The maximum Gasteiger partial charge on any atom is 0.262 e. The molecule has 4 nitrogen and oxygen atoms in total. The normalized spacial score (nSPS) is 11.9. The van der Waals surface area contributed by atoms with Crippen LogP contribution in [0.3, 0.4) is 0 Å². The van der Waals surface area contributed by atoms with Gasteiger partial charge in [0.15, 0.2) is 0 Å². The van der Waals surface area contributed by atoms with Gasteiger partial charge in [0.25, 0.3) is 5.56 Å². The third kappa shape index (κ3) is 1.77. The van der Waals surface area contributed by atoms with E-state index in [1.54, 1.807) is 6.20 Å². The second-order valence-corrected chi connectivity index (χ2v) is 5.04. The van der Waals surface area contributed by atoms with Gasteiger partial charge >= 0.3 is 0 Å². The molecule has 0 bridgehead atoms. The van der Waals surface area contributed by atoms with E-state index in [1.165, 1.54) is 0 Å². The van der Waals surface area contributed by atoms with Gasteiger partial charge < -0.3 is 4.57 Å². The van der Waals surface area contributed by atoms with Gasteiger partial charge in [-0.3, -0.25) is 9.48 Å². The summed E-state index contributed by atoms with van der Waals surface area (Å²) in [6.07, 6.45) is 1.68. The van der Waals surface area contributed by atoms with Crippen molar-refractivity contribution in [2.45, 2.75) is 46.7 Å². The van der Waals surface area contributed by atoms with Crippen LogP contribution in [-0.2, 0) is 0 Å². The molecule has 2 aromatic heterocycles. The Morgan fingerprint density at radius 3 is 2.35 bits per heavy atom. The van der Waals surface area contributed by atoms with Gasteiger partial charge in [-0.25, -0.2) is 0 Å². The van der Waals surface area contributed by atoms with E-state index in [0.717, 1.165) is 11.2 Å². The van der Waals surface area contributed by atoms with Crippen LogP contribution >= 0.6 is 0 Å². The summed E-state index contributed by atoms with van der Waals surface area (Å²) < 4.78 is 3.71. The van der Waals surface area contributed by atoms with E-state index in [0.29, 0.717) is 5.39 Å². The second kappa shape index (κ2) is 4.02. The molecule has 2 heterocycles. The molecule has 4 heteroatoms. The lowest BCUT2D eigenvalue weighted by molar-refractivity contribution is 0.547. The predicted molar refractivity (Wildman–Crippen MR) is 69.5 cm³/mol. The van der Waals surface area contributed by atoms with Gasteiger partial charge in [-0.05, 0) is 40.7 Å². The van der Waals surface area contributed by atoms with Gasteiger partial charge in [-0.1, -0.05) is 0 Å². The molecule has 0 saturated heterocycles. The van der Waals surface area contributed by atoms with Gasteiger partial charge in [-0.2, -0.15) is 5.10 Å². The average Bonchev–Trinajstić information content (AvgIpc) is 2.60. The van der Waals surface area contributed by atoms with Crippen LogP contribution in [0, 0.1) is 6.92 Å². The minimum absolute atomic E-state index is 0.0573. The third-order valence-corrected chi connectivity index (χ3v) is 3.01. The van der Waals surface area contributed by atoms with E-state index in [2.05, 4.69) is 18.9 Å². The molecule has 0 amide bonds. The Morgan fingerprint density at radius 2 is 1.82 bits per heavy atom. The number of fused-ring (bicyclic) bond motifs is 1. The third-order valence-electron chi connectivity index (χ3n) is 3.01. The van der Waals surface area contributed by atoms with E-state index < -0.39 is 0 Å². The first-order valence-corrected chi connectivity index (χ1v) is 6.02. The van der Waals surface area contributed by atoms with Crippen molar-refractivity contribution in [1.29, 1.82) is 0 Å². The van der Waals surface area contributed by atoms with Crippen LogP contribution in [0.2, 0.25) is 0 Å². The Labute approximate surface area is 101 Å². The van der Waals surface area contributed by atoms with Gasteiger partial charge in [0.05, 0.1) is 17.1 Å². The van der Waals surface area contributed by atoms with Crippen molar-refractivity contribution in [3.8, 4) is 0 Å². The smallest absolute Gasteiger partial charge is 0.262 e. The van der Waals surface area contributed by atoms with E-state index in [9.17, 15) is 4.79 Å². The number of hydrogen-bond donors (Lipinski definition) is 0. The molecule has 92 valence electrons. The standard InChI is InChI=1S/C13H19N3O/c1-8(2)15-10(5)6-12-11(13(15)17)7-14-16(12)9(3)4/h6-9H,1-5H3. The molecule has 2 rings (SSSR count). The minimum atomic E-state index is 0.0573. The minimum Gasteiger partial charge on any atom is -0.310 e. The quantitative estimate of drug-likeness (QED) is 0.800. The number of aromatic nitrogens is 3. The van der Waals surface area contributed by atoms with E-state index in [1.807, 2.05) is 36.1 Å². The van der Waals surface area contributed by atoms with Crippen LogP contribution < -0.4 is 5.56 Å². The monoisotopic (exact) mass is 233 g/mol. The molecule has 0 atom stereocenters. The summed E-state index contributed by atoms with van der Waals surface area (Å²) in [7, 11) is 0. The molecule has 0 spiro atoms. The Hall–Kier alpha value is -1.58. The first-order valence-electron chi connectivity index (χ1n) is 6.02. The summed E-state index contributed by atoms with van der Waals surface area (Å²) in [5, 5.41) is 5.01. The molecule has 0 aliphatic rings. The highest BCUT2D eigenvalue weighted by atomic mass is 16.1. The Kier molecular flexibility index (Phi) is 2.81. The topological polar surface area (TPSA) is 39.8 Å². The molecule has 0 aromatic carbocycles. The average molecular weight is 233 g/mol. The highest BCUT2D eigenvalue weighted by Crippen LogP contribution is 2.17. The number of rotatable bonds is 2. The van der Waals surface area contributed by atoms with Crippen molar-refractivity contribution >= 4 is 10.9 Å². The van der Waals surface area contributed by atoms with Crippen molar-refractivity contribution in [3.05, 3.63) is 28.3 Å². The number of aryl methyl sites for hydroxylation is 1. The highest BCUT2D eigenvalue weighted by molar-refractivity contribution is 5.78. The predicted octanol–water partition coefficient (Wildman–Crippen LogP) is 2.67. The van der Waals surface area contributed by atoms with E-state index >= 15 is 0 Å². The maximum atomic E-state index is 12.3. The first-order chi connectivity index (χ1) is 7.93. The van der Waals surface area contributed by atoms with Crippen molar-refractivity contribution in [2.24, 2.45) is 0 Å². The summed E-state index contributed by atoms with van der Waals surface area (Å²) >= 11 is 0. The van der Waals surface area contributed by atoms with Crippen LogP contribution in [0.4, 0.5) is 0 Å². The fourth-order valence-corrected chi connectivity index (χ4v) is 2.29. The molecule has 0 radical (unpaired) electrons. The lowest BCUT2D eigenvalue weighted by Crippen LogP contribution is -2.24. The lowest BCUT2D eigenvalue weighted by atomic mass is 10.2. The zero-order valence-electron chi connectivity index (χ0n) is 11.1. The fourth-order valence-electron chi connectivity index (χ4n) is 2.29. The summed E-state index contributed by atoms with van der Waals surface area (Å²) in [5.41, 5.74) is 1.97. The molecule has 0 aliphatic heterocycles. The van der Waals surface area contributed by atoms with Crippen molar-refractivity contribution in [1.82, 2.24) is 14.3 Å². The fraction of sp³-hybridized carbons (Fsp3) is 0.538. The molecule has 0 saturated carbocycles. The van der Waals surface area contributed by atoms with Crippen molar-refractivity contribution < 1.29 is 0 Å². The summed E-state index contributed by atoms with van der Waals surface area (Å²) in [5.74, 6) is 0. The zero-order valence-corrected chi connectivity index (χ0v) is 11.1. The van der Waals surface area contributed by atoms with Crippen LogP contribution in [0.25, 0.3) is 10.9 Å². The van der Waals surface area contributed by atoms with E-state index in [-0.39, 0.29) is 17.6 Å². The lowest BCUT2D eigenvalue weighted by Gasteiger charge is -2.15. The molecule has 2 aromatic rings. The van der Waals surface area contributed by atoms with Gasteiger partial charge in [0.1, 0.15) is 0 Å². The first kappa shape index (κ1) is 11.9. The summed E-state index contributed by atoms with van der Waals surface area (Å²) in [6.45, 7) is 10.1. The summed E-state index contributed by atoms with van der Waals surface area (Å²) in [4.78, 5) is 12.3. The zero-order chi connectivity index (χ0) is 12.7. The van der Waals surface area contributed by atoms with Gasteiger partial charge in [0.2, 0.25) is 0 Å². The number of nitrogens with zero attached hydrogens (tertiary/aromatic N) is 3. The molecule has 17 heavy (non-hydrogen) atoms. The molecule has 0 fully saturated rings. The van der Waals surface area contributed by atoms with Crippen LogP contribution in [-0.4, -0.2) is 14.3 Å². The SMILES string of the molecule is Cc1cc2c(cnn2C(C)C)c(=O)n1C(C)C. The van der Waals surface area contributed by atoms with Gasteiger partial charge in [0, 0.05) is 17.8 Å². The molecule has 0 N–H and O–H groups in total. The van der Waals surface area contributed by atoms with Crippen LogP contribution in [0.15, 0.2) is 17.1 Å².